The molecule has 146 valence electrons. The fourth-order valence-corrected chi connectivity index (χ4v) is 2.20. The van der Waals surface area contributed by atoms with Gasteiger partial charge in [-0.2, -0.15) is 8.78 Å². The van der Waals surface area contributed by atoms with E-state index in [1.165, 1.54) is 0 Å². The first-order valence-corrected chi connectivity index (χ1v) is 8.23. The van der Waals surface area contributed by atoms with Crippen molar-refractivity contribution in [1.82, 2.24) is 0 Å². The molecule has 2 aromatic carbocycles. The van der Waals surface area contributed by atoms with Crippen LogP contribution >= 0.6 is 11.6 Å². The number of benzene rings is 2. The Morgan fingerprint density at radius 1 is 1.07 bits per heavy atom. The summed E-state index contributed by atoms with van der Waals surface area (Å²) in [5.74, 6) is -8.70. The van der Waals surface area contributed by atoms with Crippen LogP contribution in [0.5, 0.6) is 5.75 Å². The molecule has 2 rings (SSSR count). The average molecular weight is 406 g/mol. The second kappa shape index (κ2) is 9.68. The van der Waals surface area contributed by atoms with Crippen molar-refractivity contribution in [1.29, 1.82) is 0 Å². The van der Waals surface area contributed by atoms with Gasteiger partial charge >= 0.3 is 0 Å². The van der Waals surface area contributed by atoms with Crippen molar-refractivity contribution in [2.45, 2.75) is 19.1 Å². The third-order valence-electron chi connectivity index (χ3n) is 3.60. The fourth-order valence-electron chi connectivity index (χ4n) is 2.07. The molecule has 2 N–H and O–H groups in total. The van der Waals surface area contributed by atoms with E-state index in [0.29, 0.717) is 5.02 Å². The summed E-state index contributed by atoms with van der Waals surface area (Å²) in [6, 6.07) is 5.99. The molecular weight excluding hydrogens is 390 g/mol. The van der Waals surface area contributed by atoms with Gasteiger partial charge in [-0.15, -0.1) is 0 Å². The number of rotatable bonds is 9. The molecule has 0 saturated heterocycles. The van der Waals surface area contributed by atoms with Gasteiger partial charge in [0.1, 0.15) is 6.61 Å². The maximum absolute atomic E-state index is 13.5. The van der Waals surface area contributed by atoms with Crippen LogP contribution in [0.1, 0.15) is 12.0 Å². The molecule has 4 nitrogen and oxygen atoms in total. The Balaban J connectivity index is 1.78. The number of hydrogen-bond acceptors (Lipinski definition) is 4. The number of halogens is 5. The normalized spacial score (nSPS) is 12.1. The van der Waals surface area contributed by atoms with E-state index in [4.69, 9.17) is 22.1 Å². The Morgan fingerprint density at radius 3 is 2.26 bits per heavy atom. The van der Waals surface area contributed by atoms with Gasteiger partial charge in [-0.25, -0.2) is 8.78 Å². The molecule has 0 aliphatic rings. The summed E-state index contributed by atoms with van der Waals surface area (Å²) >= 11 is 5.76. The molecular formula is C18H16ClF4NO3. The molecule has 0 saturated carbocycles. The van der Waals surface area contributed by atoms with Crippen molar-refractivity contribution in [2.24, 2.45) is 5.73 Å². The standard InChI is InChI=1S/C18H16ClF4NO3/c19-11-3-1-10(2-4-11)8-26-6-5-14(24)15(25)9-27-18-16(22)12(20)7-13(21)17(18)23/h1-4,7,14H,5-6,8-9,24H2/t14-/m0/s1. The van der Waals surface area contributed by atoms with Crippen LogP contribution in [0.2, 0.25) is 5.02 Å². The zero-order valence-corrected chi connectivity index (χ0v) is 14.7. The summed E-state index contributed by atoms with van der Waals surface area (Å²) in [6.45, 7) is -0.407. The zero-order valence-electron chi connectivity index (χ0n) is 14.0. The second-order valence-corrected chi connectivity index (χ2v) is 6.06. The van der Waals surface area contributed by atoms with E-state index >= 15 is 0 Å². The summed E-state index contributed by atoms with van der Waals surface area (Å²) in [7, 11) is 0. The maximum Gasteiger partial charge on any atom is 0.203 e. The Labute approximate surface area is 157 Å². The van der Waals surface area contributed by atoms with Gasteiger partial charge in [0, 0.05) is 17.7 Å². The number of ketones is 1. The highest BCUT2D eigenvalue weighted by Crippen LogP contribution is 2.26. The Kier molecular flexibility index (Phi) is 7.58. The molecule has 0 heterocycles. The number of hydrogen-bond donors (Lipinski definition) is 1. The SMILES string of the molecule is N[C@@H](CCOCc1ccc(Cl)cc1)C(=O)COc1c(F)c(F)cc(F)c1F. The van der Waals surface area contributed by atoms with Gasteiger partial charge in [-0.1, -0.05) is 23.7 Å². The predicted molar refractivity (Wildman–Crippen MR) is 90.5 cm³/mol. The van der Waals surface area contributed by atoms with Crippen LogP contribution in [-0.2, 0) is 16.1 Å². The summed E-state index contributed by atoms with van der Waals surface area (Å²) in [4.78, 5) is 11.9. The second-order valence-electron chi connectivity index (χ2n) is 5.63. The largest absolute Gasteiger partial charge is 0.479 e. The monoisotopic (exact) mass is 405 g/mol. The number of carbonyl (C=O) groups is 1. The van der Waals surface area contributed by atoms with Crippen molar-refractivity contribution < 1.29 is 31.8 Å². The van der Waals surface area contributed by atoms with Gasteiger partial charge in [-0.05, 0) is 24.1 Å². The number of Topliss-reactive ketones (excluding diaryl/α,β-unsaturated/α-hetero) is 1. The van der Waals surface area contributed by atoms with Crippen molar-refractivity contribution in [2.75, 3.05) is 13.2 Å². The highest BCUT2D eigenvalue weighted by molar-refractivity contribution is 6.30. The van der Waals surface area contributed by atoms with Gasteiger partial charge in [0.25, 0.3) is 0 Å². The first-order valence-electron chi connectivity index (χ1n) is 7.86. The predicted octanol–water partition coefficient (Wildman–Crippen LogP) is 3.78. The van der Waals surface area contributed by atoms with Crippen LogP contribution in [0.3, 0.4) is 0 Å². The molecule has 0 unspecified atom stereocenters. The Hall–Kier alpha value is -2.16. The summed E-state index contributed by atoms with van der Waals surface area (Å²) in [5, 5.41) is 0.595. The lowest BCUT2D eigenvalue weighted by Gasteiger charge is -2.13. The van der Waals surface area contributed by atoms with Crippen LogP contribution in [0.15, 0.2) is 30.3 Å². The van der Waals surface area contributed by atoms with E-state index in [1.807, 2.05) is 0 Å². The lowest BCUT2D eigenvalue weighted by Crippen LogP contribution is -2.35. The molecule has 2 aromatic rings. The summed E-state index contributed by atoms with van der Waals surface area (Å²) in [5.41, 5.74) is 6.53. The number of nitrogens with two attached hydrogens (primary N) is 1. The first-order chi connectivity index (χ1) is 12.8. The third kappa shape index (κ3) is 5.92. The summed E-state index contributed by atoms with van der Waals surface area (Å²) in [6.07, 6.45) is 0.123. The fraction of sp³-hybridized carbons (Fsp3) is 0.278. The molecule has 1 atom stereocenters. The van der Waals surface area contributed by atoms with Crippen LogP contribution in [0.25, 0.3) is 0 Å². The molecule has 0 radical (unpaired) electrons. The van der Waals surface area contributed by atoms with Crippen molar-refractivity contribution >= 4 is 17.4 Å². The number of carbonyl (C=O) groups excluding carboxylic acids is 1. The molecule has 0 fully saturated rings. The molecule has 0 spiro atoms. The molecule has 9 heteroatoms. The Bertz CT molecular complexity index is 776. The minimum absolute atomic E-state index is 0.0448. The van der Waals surface area contributed by atoms with Gasteiger partial charge in [0.05, 0.1) is 12.6 Å². The number of ether oxygens (including phenoxy) is 2. The van der Waals surface area contributed by atoms with Crippen molar-refractivity contribution in [3.8, 4) is 5.75 Å². The van der Waals surface area contributed by atoms with Crippen molar-refractivity contribution in [3.63, 3.8) is 0 Å². The van der Waals surface area contributed by atoms with E-state index in [9.17, 15) is 22.4 Å². The topological polar surface area (TPSA) is 61.5 Å². The lowest BCUT2D eigenvalue weighted by atomic mass is 10.1. The highest BCUT2D eigenvalue weighted by atomic mass is 35.5. The summed E-state index contributed by atoms with van der Waals surface area (Å²) < 4.78 is 63.0. The van der Waals surface area contributed by atoms with Crippen molar-refractivity contribution in [3.05, 3.63) is 64.2 Å². The van der Waals surface area contributed by atoms with E-state index in [-0.39, 0.29) is 25.7 Å². The first kappa shape index (κ1) is 21.1. The minimum Gasteiger partial charge on any atom is -0.479 e. The smallest absolute Gasteiger partial charge is 0.203 e. The minimum atomic E-state index is -1.72. The molecule has 0 amide bonds. The Morgan fingerprint density at radius 2 is 1.67 bits per heavy atom. The van der Waals surface area contributed by atoms with Gasteiger partial charge in [-0.3, -0.25) is 4.79 Å². The quantitative estimate of drug-likeness (QED) is 0.392. The zero-order chi connectivity index (χ0) is 20.0. The van der Waals surface area contributed by atoms with E-state index in [0.717, 1.165) is 5.56 Å². The van der Waals surface area contributed by atoms with Gasteiger partial charge in [0.15, 0.2) is 23.2 Å². The van der Waals surface area contributed by atoms with Crippen LogP contribution in [-0.4, -0.2) is 25.0 Å². The van der Waals surface area contributed by atoms with E-state index in [1.54, 1.807) is 24.3 Å². The maximum atomic E-state index is 13.5. The average Bonchev–Trinajstić information content (AvgIpc) is 2.64. The molecule has 27 heavy (non-hydrogen) atoms. The molecule has 0 aliphatic heterocycles. The lowest BCUT2D eigenvalue weighted by molar-refractivity contribution is -0.122. The molecule has 0 aromatic heterocycles. The highest BCUT2D eigenvalue weighted by Gasteiger charge is 2.22. The third-order valence-corrected chi connectivity index (χ3v) is 3.85. The van der Waals surface area contributed by atoms with Gasteiger partial charge < -0.3 is 15.2 Å². The van der Waals surface area contributed by atoms with Crippen LogP contribution < -0.4 is 10.5 Å². The molecule has 0 aliphatic carbocycles. The van der Waals surface area contributed by atoms with Crippen LogP contribution in [0.4, 0.5) is 17.6 Å². The van der Waals surface area contributed by atoms with Crippen LogP contribution in [0, 0.1) is 23.3 Å². The van der Waals surface area contributed by atoms with E-state index < -0.39 is 47.5 Å². The van der Waals surface area contributed by atoms with E-state index in [2.05, 4.69) is 4.74 Å². The molecule has 0 bridgehead atoms. The van der Waals surface area contributed by atoms with Gasteiger partial charge in [0.2, 0.25) is 11.6 Å².